The third-order valence-electron chi connectivity index (χ3n) is 3.86. The van der Waals surface area contributed by atoms with Crippen LogP contribution in [0.2, 0.25) is 0 Å². The SMILES string of the molecule is CC(C)(C)OC(=O)NC1CC(NC2CN(C(=O)OC(C)(C)C)C2)C1. The zero-order valence-corrected chi connectivity index (χ0v) is 15.6. The Kier molecular flexibility index (Phi) is 5.32. The predicted molar refractivity (Wildman–Crippen MR) is 90.9 cm³/mol. The largest absolute Gasteiger partial charge is 0.444 e. The molecule has 2 fully saturated rings. The first-order chi connectivity index (χ1) is 10.9. The second-order valence-electron chi connectivity index (χ2n) is 8.76. The van der Waals surface area contributed by atoms with E-state index in [2.05, 4.69) is 10.6 Å². The molecular weight excluding hydrogens is 310 g/mol. The molecule has 0 aromatic carbocycles. The Labute approximate surface area is 144 Å². The van der Waals surface area contributed by atoms with E-state index in [4.69, 9.17) is 9.47 Å². The zero-order chi connectivity index (χ0) is 18.1. The van der Waals surface area contributed by atoms with E-state index in [0.717, 1.165) is 12.8 Å². The lowest BCUT2D eigenvalue weighted by Gasteiger charge is -2.45. The lowest BCUT2D eigenvalue weighted by Crippen LogP contribution is -2.65. The normalized spacial score (nSPS) is 24.7. The van der Waals surface area contributed by atoms with Gasteiger partial charge in [0.2, 0.25) is 0 Å². The molecule has 1 aliphatic carbocycles. The number of alkyl carbamates (subject to hydrolysis) is 1. The van der Waals surface area contributed by atoms with E-state index in [0.29, 0.717) is 25.2 Å². The van der Waals surface area contributed by atoms with Gasteiger partial charge in [0.25, 0.3) is 0 Å². The molecule has 1 saturated carbocycles. The van der Waals surface area contributed by atoms with Crippen molar-refractivity contribution in [2.24, 2.45) is 0 Å². The molecule has 1 aliphatic heterocycles. The van der Waals surface area contributed by atoms with Gasteiger partial charge < -0.3 is 25.0 Å². The Balaban J connectivity index is 1.57. The van der Waals surface area contributed by atoms with Crippen molar-refractivity contribution in [2.45, 2.75) is 83.7 Å². The molecular formula is C17H31N3O4. The Hall–Kier alpha value is -1.50. The molecule has 24 heavy (non-hydrogen) atoms. The molecule has 0 aromatic heterocycles. The highest BCUT2D eigenvalue weighted by atomic mass is 16.6. The van der Waals surface area contributed by atoms with Crippen molar-refractivity contribution >= 4 is 12.2 Å². The minimum Gasteiger partial charge on any atom is -0.444 e. The summed E-state index contributed by atoms with van der Waals surface area (Å²) in [5.74, 6) is 0. The van der Waals surface area contributed by atoms with E-state index < -0.39 is 11.2 Å². The van der Waals surface area contributed by atoms with Crippen LogP contribution in [0.1, 0.15) is 54.4 Å². The summed E-state index contributed by atoms with van der Waals surface area (Å²) < 4.78 is 10.6. The maximum Gasteiger partial charge on any atom is 0.410 e. The van der Waals surface area contributed by atoms with Crippen LogP contribution < -0.4 is 10.6 Å². The molecule has 2 amide bonds. The Morgan fingerprint density at radius 2 is 1.42 bits per heavy atom. The van der Waals surface area contributed by atoms with Crippen LogP contribution in [0.3, 0.4) is 0 Å². The summed E-state index contributed by atoms with van der Waals surface area (Å²) in [4.78, 5) is 25.2. The van der Waals surface area contributed by atoms with Crippen LogP contribution in [-0.4, -0.2) is 59.5 Å². The van der Waals surface area contributed by atoms with Crippen molar-refractivity contribution in [1.29, 1.82) is 0 Å². The number of carbonyl (C=O) groups is 2. The molecule has 7 nitrogen and oxygen atoms in total. The van der Waals surface area contributed by atoms with Crippen molar-refractivity contribution in [2.75, 3.05) is 13.1 Å². The maximum atomic E-state index is 11.9. The first-order valence-electron chi connectivity index (χ1n) is 8.65. The molecule has 0 aromatic rings. The molecule has 2 aliphatic rings. The minimum absolute atomic E-state index is 0.166. The summed E-state index contributed by atoms with van der Waals surface area (Å²) in [5.41, 5.74) is -0.924. The number of nitrogens with one attached hydrogen (secondary N) is 2. The zero-order valence-electron chi connectivity index (χ0n) is 15.6. The number of hydrogen-bond acceptors (Lipinski definition) is 5. The molecule has 7 heteroatoms. The van der Waals surface area contributed by atoms with Gasteiger partial charge in [-0.15, -0.1) is 0 Å². The first-order valence-corrected chi connectivity index (χ1v) is 8.65. The molecule has 2 rings (SSSR count). The molecule has 0 atom stereocenters. The van der Waals surface area contributed by atoms with Crippen molar-refractivity contribution in [3.05, 3.63) is 0 Å². The van der Waals surface area contributed by atoms with Gasteiger partial charge in [0.15, 0.2) is 0 Å². The highest BCUT2D eigenvalue weighted by Gasteiger charge is 2.38. The lowest BCUT2D eigenvalue weighted by atomic mass is 9.86. The summed E-state index contributed by atoms with van der Waals surface area (Å²) in [6, 6.07) is 0.861. The van der Waals surface area contributed by atoms with Crippen LogP contribution in [0.25, 0.3) is 0 Å². The monoisotopic (exact) mass is 341 g/mol. The maximum absolute atomic E-state index is 11.9. The summed E-state index contributed by atoms with van der Waals surface area (Å²) in [7, 11) is 0. The summed E-state index contributed by atoms with van der Waals surface area (Å²) in [6.07, 6.45) is 1.17. The van der Waals surface area contributed by atoms with E-state index in [-0.39, 0.29) is 18.2 Å². The van der Waals surface area contributed by atoms with Gasteiger partial charge in [-0.3, -0.25) is 0 Å². The number of carbonyl (C=O) groups excluding carboxylic acids is 2. The second kappa shape index (κ2) is 6.78. The number of likely N-dealkylation sites (tertiary alicyclic amines) is 1. The number of hydrogen-bond donors (Lipinski definition) is 2. The van der Waals surface area contributed by atoms with Crippen LogP contribution in [0, 0.1) is 0 Å². The van der Waals surface area contributed by atoms with E-state index in [1.807, 2.05) is 41.5 Å². The predicted octanol–water partition coefficient (Wildman–Crippen LogP) is 2.25. The third kappa shape index (κ3) is 5.85. The molecule has 0 radical (unpaired) electrons. The van der Waals surface area contributed by atoms with Crippen LogP contribution in [-0.2, 0) is 9.47 Å². The lowest BCUT2D eigenvalue weighted by molar-refractivity contribution is 0.00183. The van der Waals surface area contributed by atoms with Crippen molar-refractivity contribution in [3.8, 4) is 0 Å². The Bertz CT molecular complexity index is 469. The van der Waals surface area contributed by atoms with E-state index in [9.17, 15) is 9.59 Å². The number of amides is 2. The molecule has 0 bridgehead atoms. The van der Waals surface area contributed by atoms with Crippen LogP contribution in [0.5, 0.6) is 0 Å². The fraction of sp³-hybridized carbons (Fsp3) is 0.882. The van der Waals surface area contributed by atoms with Crippen LogP contribution >= 0.6 is 0 Å². The Morgan fingerprint density at radius 1 is 0.875 bits per heavy atom. The highest BCUT2D eigenvalue weighted by Crippen LogP contribution is 2.23. The standard InChI is InChI=1S/C17H31N3O4/c1-16(2,3)23-14(21)19-12-7-11(8-12)18-13-9-20(10-13)15(22)24-17(4,5)6/h11-13,18H,7-10H2,1-6H3,(H,19,21). The highest BCUT2D eigenvalue weighted by molar-refractivity contribution is 5.69. The van der Waals surface area contributed by atoms with Crippen molar-refractivity contribution in [1.82, 2.24) is 15.5 Å². The summed E-state index contributed by atoms with van der Waals surface area (Å²) in [6.45, 7) is 12.5. The van der Waals surface area contributed by atoms with Gasteiger partial charge in [-0.2, -0.15) is 0 Å². The number of ether oxygens (including phenoxy) is 2. The van der Waals surface area contributed by atoms with Gasteiger partial charge >= 0.3 is 12.2 Å². The van der Waals surface area contributed by atoms with E-state index in [1.54, 1.807) is 4.90 Å². The fourth-order valence-corrected chi connectivity index (χ4v) is 2.74. The summed E-state index contributed by atoms with van der Waals surface area (Å²) in [5, 5.41) is 6.39. The van der Waals surface area contributed by atoms with Crippen molar-refractivity contribution < 1.29 is 19.1 Å². The first kappa shape index (κ1) is 18.8. The average Bonchev–Trinajstić information content (AvgIpc) is 2.23. The van der Waals surface area contributed by atoms with Crippen LogP contribution in [0.15, 0.2) is 0 Å². The number of rotatable bonds is 3. The van der Waals surface area contributed by atoms with Gasteiger partial charge in [-0.25, -0.2) is 9.59 Å². The Morgan fingerprint density at radius 3 is 1.92 bits per heavy atom. The topological polar surface area (TPSA) is 79.9 Å². The second-order valence-corrected chi connectivity index (χ2v) is 8.76. The van der Waals surface area contributed by atoms with Crippen molar-refractivity contribution in [3.63, 3.8) is 0 Å². The van der Waals surface area contributed by atoms with Gasteiger partial charge in [0.1, 0.15) is 11.2 Å². The molecule has 138 valence electrons. The molecule has 0 unspecified atom stereocenters. The molecule has 2 N–H and O–H groups in total. The minimum atomic E-state index is -0.470. The van der Waals surface area contributed by atoms with Crippen LogP contribution in [0.4, 0.5) is 9.59 Å². The third-order valence-corrected chi connectivity index (χ3v) is 3.86. The average molecular weight is 341 g/mol. The molecule has 0 spiro atoms. The van der Waals surface area contributed by atoms with Gasteiger partial charge in [-0.1, -0.05) is 0 Å². The van der Waals surface area contributed by atoms with Gasteiger partial charge in [0.05, 0.1) is 0 Å². The molecule has 1 heterocycles. The van der Waals surface area contributed by atoms with E-state index in [1.165, 1.54) is 0 Å². The van der Waals surface area contributed by atoms with E-state index >= 15 is 0 Å². The quantitative estimate of drug-likeness (QED) is 0.823. The fourth-order valence-electron chi connectivity index (χ4n) is 2.74. The number of nitrogens with zero attached hydrogens (tertiary/aromatic N) is 1. The van der Waals surface area contributed by atoms with Gasteiger partial charge in [0, 0.05) is 31.2 Å². The van der Waals surface area contributed by atoms with Gasteiger partial charge in [-0.05, 0) is 54.4 Å². The summed E-state index contributed by atoms with van der Waals surface area (Å²) >= 11 is 0. The molecule has 1 saturated heterocycles. The smallest absolute Gasteiger partial charge is 0.410 e.